The summed E-state index contributed by atoms with van der Waals surface area (Å²) < 4.78 is 59.5. The third kappa shape index (κ3) is 7.24. The number of ether oxygens (including phenoxy) is 6. The molecule has 1 unspecified atom stereocenters. The molecule has 0 spiro atoms. The minimum Gasteiger partial charge on any atom is -0.463 e. The topological polar surface area (TPSA) is 124 Å². The number of hydrogen-bond acceptors (Lipinski definition) is 10. The molecule has 0 saturated carbocycles. The summed E-state index contributed by atoms with van der Waals surface area (Å²) in [5, 5.41) is 0. The molecule has 0 aromatic carbocycles. The zero-order chi connectivity index (χ0) is 23.4. The van der Waals surface area contributed by atoms with Crippen LogP contribution in [0.3, 0.4) is 0 Å². The van der Waals surface area contributed by atoms with Crippen molar-refractivity contribution in [2.45, 2.75) is 58.3 Å². The highest BCUT2D eigenvalue weighted by Crippen LogP contribution is 2.29. The average molecular weight is 390 g/mol. The van der Waals surface area contributed by atoms with Crippen LogP contribution in [0.25, 0.3) is 0 Å². The predicted octanol–water partition coefficient (Wildman–Crippen LogP) is -0.281. The second-order valence-corrected chi connectivity index (χ2v) is 5.10. The van der Waals surface area contributed by atoms with Crippen molar-refractivity contribution in [2.24, 2.45) is 0 Å². The van der Waals surface area contributed by atoms with E-state index in [0.717, 1.165) is 0 Å². The fourth-order valence-electron chi connectivity index (χ4n) is 2.31. The van der Waals surface area contributed by atoms with Gasteiger partial charge in [-0.25, -0.2) is 0 Å². The lowest BCUT2D eigenvalue weighted by molar-refractivity contribution is -0.305. The van der Waals surface area contributed by atoms with Gasteiger partial charge in [-0.15, -0.1) is 6.42 Å². The van der Waals surface area contributed by atoms with Crippen LogP contribution in [-0.4, -0.2) is 67.8 Å². The summed E-state index contributed by atoms with van der Waals surface area (Å²) in [6.07, 6.45) is -2.36. The largest absolute Gasteiger partial charge is 0.463 e. The highest BCUT2D eigenvalue weighted by atomic mass is 16.7. The standard InChI is InChI=1S/C17H22O10/c1-6-7-22-17-16(26-12(5)21)15(25-11(4)20)14(24-10(3)19)13(27-17)8-23-9(2)18/h1,13-17H,7-8H2,2-5H3/t13-,14-,15+,16+,17?/m1/s1/i2D,3D,4D,5D. The molecule has 10 heteroatoms. The zero-order valence-corrected chi connectivity index (χ0v) is 14.3. The Hall–Kier alpha value is -2.64. The van der Waals surface area contributed by atoms with Crippen molar-refractivity contribution in [1.29, 1.82) is 0 Å². The van der Waals surface area contributed by atoms with Crippen LogP contribution in [0.4, 0.5) is 0 Å². The summed E-state index contributed by atoms with van der Waals surface area (Å²) in [5.74, 6) is -1.97. The van der Waals surface area contributed by atoms with Crippen molar-refractivity contribution in [3.63, 3.8) is 0 Å². The molecule has 27 heavy (non-hydrogen) atoms. The smallest absolute Gasteiger partial charge is 0.303 e. The molecule has 0 aliphatic carbocycles. The van der Waals surface area contributed by atoms with Crippen LogP contribution < -0.4 is 0 Å². The molecule has 0 amide bonds. The van der Waals surface area contributed by atoms with Crippen molar-refractivity contribution in [2.75, 3.05) is 13.2 Å². The summed E-state index contributed by atoms with van der Waals surface area (Å²) in [5.41, 5.74) is 0. The highest BCUT2D eigenvalue weighted by Gasteiger charge is 2.52. The van der Waals surface area contributed by atoms with E-state index in [0.29, 0.717) is 0 Å². The Morgan fingerprint density at radius 3 is 2.04 bits per heavy atom. The lowest BCUT2D eigenvalue weighted by Gasteiger charge is -2.43. The van der Waals surface area contributed by atoms with E-state index < -0.39 is 88.8 Å². The number of carbonyl (C=O) groups excluding carboxylic acids is 4. The summed E-state index contributed by atoms with van der Waals surface area (Å²) in [6, 6.07) is 0. The molecule has 1 aliphatic rings. The first-order chi connectivity index (χ1) is 14.8. The Bertz CT molecular complexity index is 682. The van der Waals surface area contributed by atoms with E-state index in [1.165, 1.54) is 0 Å². The third-order valence-corrected chi connectivity index (χ3v) is 3.13. The number of esters is 4. The summed E-state index contributed by atoms with van der Waals surface area (Å²) in [6.45, 7) is -4.07. The SMILES string of the molecule is [2H]CC(=O)OC[C@H]1OC(OCC#C)[C@@H](OC(=O)C[2H])[C@@H](OC(=O)C[2H])[C@@H]1OC(=O)C[2H]. The summed E-state index contributed by atoms with van der Waals surface area (Å²) in [4.78, 5) is 46.8. The molecule has 0 radical (unpaired) electrons. The van der Waals surface area contributed by atoms with Crippen molar-refractivity contribution in [3.05, 3.63) is 0 Å². The highest BCUT2D eigenvalue weighted by molar-refractivity contribution is 5.68. The van der Waals surface area contributed by atoms with Gasteiger partial charge in [-0.2, -0.15) is 0 Å². The molecular formula is C17H22O10. The molecule has 0 aromatic rings. The lowest BCUT2D eigenvalue weighted by atomic mass is 9.98. The number of carbonyl (C=O) groups is 4. The van der Waals surface area contributed by atoms with E-state index in [1.807, 2.05) is 0 Å². The van der Waals surface area contributed by atoms with Gasteiger partial charge in [0.2, 0.25) is 0 Å². The molecule has 0 N–H and O–H groups in total. The Morgan fingerprint density at radius 2 is 1.48 bits per heavy atom. The van der Waals surface area contributed by atoms with Gasteiger partial charge in [-0.05, 0) is 0 Å². The fourth-order valence-corrected chi connectivity index (χ4v) is 2.31. The van der Waals surface area contributed by atoms with Gasteiger partial charge in [-0.1, -0.05) is 5.92 Å². The van der Waals surface area contributed by atoms with E-state index in [1.54, 1.807) is 0 Å². The van der Waals surface area contributed by atoms with Crippen LogP contribution in [0.2, 0.25) is 0 Å². The molecule has 5 atom stereocenters. The molecule has 1 heterocycles. The van der Waals surface area contributed by atoms with Crippen LogP contribution in [0.5, 0.6) is 0 Å². The Kier molecular flexibility index (Phi) is 6.42. The van der Waals surface area contributed by atoms with Gasteiger partial charge in [-0.3, -0.25) is 19.2 Å². The fraction of sp³-hybridized carbons (Fsp3) is 0.647. The van der Waals surface area contributed by atoms with E-state index >= 15 is 0 Å². The summed E-state index contributed by atoms with van der Waals surface area (Å²) >= 11 is 0. The van der Waals surface area contributed by atoms with Crippen molar-refractivity contribution in [3.8, 4) is 12.3 Å². The average Bonchev–Trinajstić information content (AvgIpc) is 2.78. The van der Waals surface area contributed by atoms with E-state index in [4.69, 9.17) is 40.3 Å². The van der Waals surface area contributed by atoms with Gasteiger partial charge < -0.3 is 28.4 Å². The van der Waals surface area contributed by atoms with Gasteiger partial charge in [0.15, 0.2) is 24.6 Å². The second kappa shape index (κ2) is 10.5. The van der Waals surface area contributed by atoms with Crippen LogP contribution >= 0.6 is 0 Å². The van der Waals surface area contributed by atoms with Gasteiger partial charge in [0, 0.05) is 33.1 Å². The third-order valence-electron chi connectivity index (χ3n) is 3.13. The number of terminal acetylenes is 1. The molecule has 1 saturated heterocycles. The summed E-state index contributed by atoms with van der Waals surface area (Å²) in [7, 11) is 0. The minimum absolute atomic E-state index is 0.338. The Balaban J connectivity index is 3.34. The van der Waals surface area contributed by atoms with Crippen LogP contribution in [0.15, 0.2) is 0 Å². The van der Waals surface area contributed by atoms with Gasteiger partial charge >= 0.3 is 23.9 Å². The Labute approximate surface area is 162 Å². The van der Waals surface area contributed by atoms with Gasteiger partial charge in [0.1, 0.15) is 19.3 Å². The van der Waals surface area contributed by atoms with E-state index in [-0.39, 0.29) is 6.61 Å². The molecule has 10 nitrogen and oxygen atoms in total. The lowest BCUT2D eigenvalue weighted by Crippen LogP contribution is -2.62. The molecule has 0 aromatic heterocycles. The van der Waals surface area contributed by atoms with Crippen molar-refractivity contribution < 1.29 is 53.1 Å². The zero-order valence-electron chi connectivity index (χ0n) is 18.3. The molecule has 1 rings (SSSR count). The van der Waals surface area contributed by atoms with Crippen molar-refractivity contribution >= 4 is 23.9 Å². The molecular weight excluding hydrogens is 364 g/mol. The van der Waals surface area contributed by atoms with Crippen molar-refractivity contribution in [1.82, 2.24) is 0 Å². The predicted molar refractivity (Wildman–Crippen MR) is 86.7 cm³/mol. The van der Waals surface area contributed by atoms with E-state index in [2.05, 4.69) is 5.92 Å². The molecule has 150 valence electrons. The van der Waals surface area contributed by atoms with Crippen LogP contribution in [-0.2, 0) is 47.6 Å². The van der Waals surface area contributed by atoms with Crippen LogP contribution in [0.1, 0.15) is 33.1 Å². The van der Waals surface area contributed by atoms with E-state index in [9.17, 15) is 19.2 Å². The quantitative estimate of drug-likeness (QED) is 0.326. The molecule has 0 bridgehead atoms. The van der Waals surface area contributed by atoms with Crippen LogP contribution in [0, 0.1) is 12.3 Å². The monoisotopic (exact) mass is 390 g/mol. The van der Waals surface area contributed by atoms with Gasteiger partial charge in [0.25, 0.3) is 0 Å². The first-order valence-electron chi connectivity index (χ1n) is 10.3. The number of rotatable bonds is 7. The maximum atomic E-state index is 11.8. The van der Waals surface area contributed by atoms with Gasteiger partial charge in [0.05, 0.1) is 0 Å². The molecule has 1 fully saturated rings. The maximum absolute atomic E-state index is 11.8. The minimum atomic E-state index is -1.60. The first-order valence-corrected chi connectivity index (χ1v) is 7.42. The number of hydrogen-bond donors (Lipinski definition) is 0. The first kappa shape index (κ1) is 16.5. The second-order valence-electron chi connectivity index (χ2n) is 5.10. The molecule has 1 aliphatic heterocycles. The Morgan fingerprint density at radius 1 is 0.926 bits per heavy atom. The maximum Gasteiger partial charge on any atom is 0.303 e. The normalized spacial score (nSPS) is 28.9.